The van der Waals surface area contributed by atoms with Crippen LogP contribution in [0.5, 0.6) is 0 Å². The van der Waals surface area contributed by atoms with E-state index in [0.717, 1.165) is 44.6 Å². The number of hydrogen-bond acceptors (Lipinski definition) is 4. The Bertz CT molecular complexity index is 688. The van der Waals surface area contributed by atoms with Crippen molar-refractivity contribution in [2.45, 2.75) is 26.0 Å². The predicted molar refractivity (Wildman–Crippen MR) is 95.9 cm³/mol. The number of nitrogens with zero attached hydrogens (tertiary/aromatic N) is 3. The summed E-state index contributed by atoms with van der Waals surface area (Å²) in [6, 6.07) is 8.14. The van der Waals surface area contributed by atoms with Gasteiger partial charge in [-0.3, -0.25) is 14.4 Å². The van der Waals surface area contributed by atoms with Crippen molar-refractivity contribution < 1.29 is 9.90 Å². The Morgan fingerprint density at radius 2 is 1.92 bits per heavy atom. The third kappa shape index (κ3) is 4.90. The van der Waals surface area contributed by atoms with Gasteiger partial charge in [-0.05, 0) is 43.0 Å². The average molecular weight is 342 g/mol. The molecule has 0 aliphatic carbocycles. The first-order valence-corrected chi connectivity index (χ1v) is 8.82. The molecule has 1 amide bonds. The van der Waals surface area contributed by atoms with Gasteiger partial charge < -0.3 is 10.4 Å². The van der Waals surface area contributed by atoms with E-state index in [4.69, 9.17) is 5.11 Å². The van der Waals surface area contributed by atoms with Gasteiger partial charge in [-0.2, -0.15) is 5.10 Å². The number of benzene rings is 1. The van der Waals surface area contributed by atoms with E-state index in [9.17, 15) is 4.79 Å². The predicted octanol–water partition coefficient (Wildman–Crippen LogP) is 1.55. The second-order valence-corrected chi connectivity index (χ2v) is 6.81. The minimum absolute atomic E-state index is 0.0421. The zero-order chi connectivity index (χ0) is 17.6. The molecule has 1 saturated heterocycles. The van der Waals surface area contributed by atoms with E-state index in [1.807, 2.05) is 19.2 Å². The lowest BCUT2D eigenvalue weighted by Gasteiger charge is -2.32. The molecule has 0 radical (unpaired) electrons. The Labute approximate surface area is 148 Å². The van der Waals surface area contributed by atoms with Gasteiger partial charge >= 0.3 is 0 Å². The second-order valence-electron chi connectivity index (χ2n) is 6.81. The highest BCUT2D eigenvalue weighted by Gasteiger charge is 2.20. The zero-order valence-electron chi connectivity index (χ0n) is 14.7. The van der Waals surface area contributed by atoms with Crippen molar-refractivity contribution in [1.29, 1.82) is 0 Å². The summed E-state index contributed by atoms with van der Waals surface area (Å²) in [6.45, 7) is 3.87. The smallest absolute Gasteiger partial charge is 0.254 e. The molecule has 3 rings (SSSR count). The first kappa shape index (κ1) is 17.6. The normalized spacial score (nSPS) is 16.1. The molecule has 1 aliphatic heterocycles. The first-order chi connectivity index (χ1) is 12.1. The van der Waals surface area contributed by atoms with Crippen LogP contribution in [0.1, 0.15) is 34.3 Å². The van der Waals surface area contributed by atoms with Crippen molar-refractivity contribution >= 4 is 5.91 Å². The maximum Gasteiger partial charge on any atom is 0.254 e. The number of aromatic nitrogens is 2. The van der Waals surface area contributed by atoms with Crippen LogP contribution in [-0.4, -0.2) is 45.3 Å². The maximum atomic E-state index is 12.1. The van der Waals surface area contributed by atoms with Crippen LogP contribution in [0.2, 0.25) is 0 Å². The number of likely N-dealkylation sites (tertiary alicyclic amines) is 1. The van der Waals surface area contributed by atoms with Crippen LogP contribution in [0.15, 0.2) is 36.7 Å². The summed E-state index contributed by atoms with van der Waals surface area (Å²) in [7, 11) is 1.81. The Morgan fingerprint density at radius 1 is 1.24 bits per heavy atom. The van der Waals surface area contributed by atoms with Crippen molar-refractivity contribution in [1.82, 2.24) is 20.0 Å². The van der Waals surface area contributed by atoms with Crippen molar-refractivity contribution in [3.8, 4) is 0 Å². The molecule has 1 aromatic heterocycles. The number of nitrogens with one attached hydrogen (secondary N) is 1. The minimum Gasteiger partial charge on any atom is -0.392 e. The summed E-state index contributed by atoms with van der Waals surface area (Å²) in [4.78, 5) is 14.5. The van der Waals surface area contributed by atoms with Gasteiger partial charge in [0.15, 0.2) is 0 Å². The minimum atomic E-state index is -0.0421. The average Bonchev–Trinajstić information content (AvgIpc) is 3.08. The Hall–Kier alpha value is -2.18. The number of aliphatic hydroxyl groups is 1. The van der Waals surface area contributed by atoms with Gasteiger partial charge in [0, 0.05) is 26.3 Å². The van der Waals surface area contributed by atoms with Crippen molar-refractivity contribution in [2.75, 3.05) is 19.6 Å². The Balaban J connectivity index is 1.40. The molecule has 6 heteroatoms. The van der Waals surface area contributed by atoms with E-state index in [-0.39, 0.29) is 12.5 Å². The number of carbonyl (C=O) groups is 1. The molecular weight excluding hydrogens is 316 g/mol. The summed E-state index contributed by atoms with van der Waals surface area (Å²) in [5, 5.41) is 16.2. The van der Waals surface area contributed by atoms with E-state index < -0.39 is 0 Å². The van der Waals surface area contributed by atoms with Gasteiger partial charge in [-0.15, -0.1) is 0 Å². The molecule has 25 heavy (non-hydrogen) atoms. The second kappa shape index (κ2) is 8.27. The lowest BCUT2D eigenvalue weighted by Crippen LogP contribution is -2.38. The van der Waals surface area contributed by atoms with Gasteiger partial charge in [0.05, 0.1) is 18.4 Å². The zero-order valence-corrected chi connectivity index (χ0v) is 14.7. The molecule has 0 saturated carbocycles. The van der Waals surface area contributed by atoms with Crippen LogP contribution < -0.4 is 5.32 Å². The summed E-state index contributed by atoms with van der Waals surface area (Å²) in [5.41, 5.74) is 2.85. The Morgan fingerprint density at radius 3 is 2.52 bits per heavy atom. The highest BCUT2D eigenvalue weighted by atomic mass is 16.3. The highest BCUT2D eigenvalue weighted by Crippen LogP contribution is 2.19. The fourth-order valence-corrected chi connectivity index (χ4v) is 3.23. The standard InChI is InChI=1S/C19H26N4O2/c1-22-13-18(11-21-22)19(25)20-10-15-6-8-23(9-7-15)12-16-2-4-17(14-24)5-3-16/h2-5,11,13,15,24H,6-10,12,14H2,1H3,(H,20,25). The fourth-order valence-electron chi connectivity index (χ4n) is 3.23. The number of hydrogen-bond donors (Lipinski definition) is 2. The molecule has 2 aromatic rings. The number of piperidine rings is 1. The molecule has 2 N–H and O–H groups in total. The van der Waals surface area contributed by atoms with Gasteiger partial charge in [0.2, 0.25) is 0 Å². The molecule has 2 heterocycles. The molecule has 0 spiro atoms. The third-order valence-electron chi connectivity index (χ3n) is 4.84. The van der Waals surface area contributed by atoms with Crippen LogP contribution in [-0.2, 0) is 20.2 Å². The van der Waals surface area contributed by atoms with Crippen molar-refractivity contribution in [3.05, 3.63) is 53.3 Å². The van der Waals surface area contributed by atoms with Crippen LogP contribution >= 0.6 is 0 Å². The quantitative estimate of drug-likeness (QED) is 0.836. The monoisotopic (exact) mass is 342 g/mol. The van der Waals surface area contributed by atoms with Crippen LogP contribution in [0.25, 0.3) is 0 Å². The van der Waals surface area contributed by atoms with Gasteiger partial charge in [0.25, 0.3) is 5.91 Å². The number of aryl methyl sites for hydroxylation is 1. The molecule has 6 nitrogen and oxygen atoms in total. The molecule has 134 valence electrons. The van der Waals surface area contributed by atoms with Crippen LogP contribution in [0.4, 0.5) is 0 Å². The van der Waals surface area contributed by atoms with Gasteiger partial charge in [-0.1, -0.05) is 24.3 Å². The summed E-state index contributed by atoms with van der Waals surface area (Å²) < 4.78 is 1.64. The SMILES string of the molecule is Cn1cc(C(=O)NCC2CCN(Cc3ccc(CO)cc3)CC2)cn1. The molecule has 0 unspecified atom stereocenters. The van der Waals surface area contributed by atoms with Crippen molar-refractivity contribution in [2.24, 2.45) is 13.0 Å². The summed E-state index contributed by atoms with van der Waals surface area (Å²) in [5.74, 6) is 0.494. The Kier molecular flexibility index (Phi) is 5.83. The molecule has 1 fully saturated rings. The molecule has 0 atom stereocenters. The van der Waals surface area contributed by atoms with Gasteiger partial charge in [0.1, 0.15) is 0 Å². The lowest BCUT2D eigenvalue weighted by molar-refractivity contribution is 0.0935. The fraction of sp³-hybridized carbons (Fsp3) is 0.474. The molecule has 0 bridgehead atoms. The number of rotatable bonds is 6. The van der Waals surface area contributed by atoms with E-state index >= 15 is 0 Å². The van der Waals surface area contributed by atoms with E-state index in [1.54, 1.807) is 17.1 Å². The van der Waals surface area contributed by atoms with Crippen LogP contribution in [0, 0.1) is 5.92 Å². The molecular formula is C19H26N4O2. The van der Waals surface area contributed by atoms with E-state index in [0.29, 0.717) is 11.5 Å². The lowest BCUT2D eigenvalue weighted by atomic mass is 9.96. The largest absolute Gasteiger partial charge is 0.392 e. The molecule has 1 aromatic carbocycles. The third-order valence-corrected chi connectivity index (χ3v) is 4.84. The van der Waals surface area contributed by atoms with E-state index in [2.05, 4.69) is 27.4 Å². The van der Waals surface area contributed by atoms with Gasteiger partial charge in [-0.25, -0.2) is 0 Å². The number of carbonyl (C=O) groups excluding carboxylic acids is 1. The van der Waals surface area contributed by atoms with Crippen LogP contribution in [0.3, 0.4) is 0 Å². The summed E-state index contributed by atoms with van der Waals surface area (Å²) in [6.07, 6.45) is 5.53. The highest BCUT2D eigenvalue weighted by molar-refractivity contribution is 5.93. The maximum absolute atomic E-state index is 12.1. The summed E-state index contributed by atoms with van der Waals surface area (Å²) >= 11 is 0. The van der Waals surface area contributed by atoms with E-state index in [1.165, 1.54) is 5.56 Å². The topological polar surface area (TPSA) is 70.4 Å². The number of aliphatic hydroxyl groups excluding tert-OH is 1. The molecule has 1 aliphatic rings. The van der Waals surface area contributed by atoms with Crippen molar-refractivity contribution in [3.63, 3.8) is 0 Å². The first-order valence-electron chi connectivity index (χ1n) is 8.82. The number of amides is 1.